The molecule has 6 nitrogen and oxygen atoms in total. The minimum Gasteiger partial charge on any atom is -0.497 e. The van der Waals surface area contributed by atoms with Gasteiger partial charge in [0, 0.05) is 18.7 Å². The van der Waals surface area contributed by atoms with E-state index in [9.17, 15) is 9.59 Å². The maximum atomic E-state index is 11.9. The average Bonchev–Trinajstić information content (AvgIpc) is 2.98. The number of hydrogen-bond acceptors (Lipinski definition) is 5. The van der Waals surface area contributed by atoms with Crippen molar-refractivity contribution in [1.82, 2.24) is 15.6 Å². The highest BCUT2D eigenvalue weighted by Crippen LogP contribution is 2.11. The highest BCUT2D eigenvalue weighted by molar-refractivity contribution is 7.13. The van der Waals surface area contributed by atoms with Crippen LogP contribution in [0.15, 0.2) is 30.5 Å². The summed E-state index contributed by atoms with van der Waals surface area (Å²) in [7, 11) is 1.57. The number of amides is 2. The Kier molecular flexibility index (Phi) is 5.48. The minimum absolute atomic E-state index is 0.177. The summed E-state index contributed by atoms with van der Waals surface area (Å²) in [6.45, 7) is 2.56. The van der Waals surface area contributed by atoms with Crippen LogP contribution in [0, 0.1) is 6.92 Å². The molecule has 0 spiro atoms. The van der Waals surface area contributed by atoms with E-state index in [1.807, 2.05) is 6.92 Å². The number of benzene rings is 1. The number of hydrogen-bond donors (Lipinski definition) is 2. The summed E-state index contributed by atoms with van der Waals surface area (Å²) >= 11 is 1.34. The van der Waals surface area contributed by atoms with Crippen LogP contribution < -0.4 is 15.4 Å². The molecule has 0 aliphatic carbocycles. The Labute approximate surface area is 132 Å². The van der Waals surface area contributed by atoms with Crippen LogP contribution in [-0.4, -0.2) is 37.0 Å². The number of aromatic nitrogens is 1. The lowest BCUT2D eigenvalue weighted by atomic mass is 10.2. The lowest BCUT2D eigenvalue weighted by molar-refractivity contribution is 0.0929. The van der Waals surface area contributed by atoms with Crippen LogP contribution in [0.3, 0.4) is 0 Å². The first-order valence-electron chi connectivity index (χ1n) is 6.73. The number of carbonyl (C=O) groups is 2. The summed E-state index contributed by atoms with van der Waals surface area (Å²) in [5.41, 5.74) is 0.546. The van der Waals surface area contributed by atoms with Gasteiger partial charge in [0.25, 0.3) is 11.8 Å². The predicted molar refractivity (Wildman–Crippen MR) is 84.5 cm³/mol. The predicted octanol–water partition coefficient (Wildman–Crippen LogP) is 1.62. The van der Waals surface area contributed by atoms with E-state index >= 15 is 0 Å². The number of rotatable bonds is 6. The number of aryl methyl sites for hydroxylation is 1. The Bertz CT molecular complexity index is 652. The molecule has 1 heterocycles. The second-order valence-electron chi connectivity index (χ2n) is 4.48. The van der Waals surface area contributed by atoms with Gasteiger partial charge in [0.05, 0.1) is 18.3 Å². The van der Waals surface area contributed by atoms with Crippen molar-refractivity contribution in [3.63, 3.8) is 0 Å². The molecule has 0 saturated carbocycles. The third kappa shape index (κ3) is 4.29. The molecule has 0 bridgehead atoms. The molecule has 22 heavy (non-hydrogen) atoms. The van der Waals surface area contributed by atoms with Gasteiger partial charge in [0.15, 0.2) is 0 Å². The number of ether oxygens (including phenoxy) is 1. The van der Waals surface area contributed by atoms with E-state index in [1.54, 1.807) is 37.6 Å². The fourth-order valence-corrected chi connectivity index (χ4v) is 2.44. The third-order valence-electron chi connectivity index (χ3n) is 2.89. The Morgan fingerprint density at radius 2 is 1.77 bits per heavy atom. The first kappa shape index (κ1) is 16.0. The van der Waals surface area contributed by atoms with Crippen molar-refractivity contribution in [2.75, 3.05) is 20.2 Å². The first-order valence-corrected chi connectivity index (χ1v) is 7.54. The molecule has 2 amide bonds. The first-order chi connectivity index (χ1) is 10.6. The molecular weight excluding hydrogens is 302 g/mol. The van der Waals surface area contributed by atoms with Crippen molar-refractivity contribution >= 4 is 23.2 Å². The highest BCUT2D eigenvalue weighted by Gasteiger charge is 2.09. The summed E-state index contributed by atoms with van der Waals surface area (Å²) in [6, 6.07) is 6.82. The standard InChI is InChI=1S/C15H17N3O3S/c1-10-18-9-13(22-10)15(20)17-8-7-16-14(19)11-3-5-12(21-2)6-4-11/h3-6,9H,7-8H2,1-2H3,(H,16,19)(H,17,20). The van der Waals surface area contributed by atoms with Crippen molar-refractivity contribution in [3.05, 3.63) is 45.9 Å². The van der Waals surface area contributed by atoms with E-state index in [0.717, 1.165) is 5.01 Å². The summed E-state index contributed by atoms with van der Waals surface area (Å²) in [6.07, 6.45) is 1.55. The molecule has 0 saturated heterocycles. The second-order valence-corrected chi connectivity index (χ2v) is 5.72. The molecular formula is C15H17N3O3S. The smallest absolute Gasteiger partial charge is 0.263 e. The molecule has 2 N–H and O–H groups in total. The average molecular weight is 319 g/mol. The van der Waals surface area contributed by atoms with Crippen molar-refractivity contribution in [1.29, 1.82) is 0 Å². The zero-order valence-corrected chi connectivity index (χ0v) is 13.2. The van der Waals surface area contributed by atoms with Gasteiger partial charge < -0.3 is 15.4 Å². The number of nitrogens with zero attached hydrogens (tertiary/aromatic N) is 1. The van der Waals surface area contributed by atoms with Gasteiger partial charge >= 0.3 is 0 Å². The highest BCUT2D eigenvalue weighted by atomic mass is 32.1. The monoisotopic (exact) mass is 319 g/mol. The van der Waals surface area contributed by atoms with Crippen LogP contribution in [0.1, 0.15) is 25.0 Å². The third-order valence-corrected chi connectivity index (χ3v) is 3.80. The number of thiazole rings is 1. The largest absolute Gasteiger partial charge is 0.497 e. The molecule has 2 rings (SSSR count). The Hall–Kier alpha value is -2.41. The molecule has 0 aliphatic rings. The van der Waals surface area contributed by atoms with Gasteiger partial charge in [-0.05, 0) is 31.2 Å². The van der Waals surface area contributed by atoms with E-state index in [1.165, 1.54) is 11.3 Å². The molecule has 0 atom stereocenters. The maximum absolute atomic E-state index is 11.9. The molecule has 1 aromatic carbocycles. The van der Waals surface area contributed by atoms with Gasteiger partial charge in [0.1, 0.15) is 10.6 Å². The molecule has 2 aromatic rings. The van der Waals surface area contributed by atoms with Crippen LogP contribution in [0.25, 0.3) is 0 Å². The van der Waals surface area contributed by atoms with Crippen molar-refractivity contribution in [2.24, 2.45) is 0 Å². The van der Waals surface area contributed by atoms with Gasteiger partial charge in [-0.25, -0.2) is 4.98 Å². The molecule has 0 unspecified atom stereocenters. The van der Waals surface area contributed by atoms with Gasteiger partial charge in [-0.2, -0.15) is 0 Å². The van der Waals surface area contributed by atoms with Gasteiger partial charge in [-0.1, -0.05) is 0 Å². The molecule has 0 fully saturated rings. The second kappa shape index (κ2) is 7.56. The molecule has 0 radical (unpaired) electrons. The topological polar surface area (TPSA) is 80.3 Å². The van der Waals surface area contributed by atoms with Crippen molar-refractivity contribution < 1.29 is 14.3 Å². The number of carbonyl (C=O) groups excluding carboxylic acids is 2. The van der Waals surface area contributed by atoms with E-state index in [-0.39, 0.29) is 11.8 Å². The van der Waals surface area contributed by atoms with Gasteiger partial charge in [-0.3, -0.25) is 9.59 Å². The Morgan fingerprint density at radius 1 is 1.14 bits per heavy atom. The van der Waals surface area contributed by atoms with Gasteiger partial charge in [-0.15, -0.1) is 11.3 Å². The van der Waals surface area contributed by atoms with E-state index in [4.69, 9.17) is 4.74 Å². The van der Waals surface area contributed by atoms with E-state index < -0.39 is 0 Å². The van der Waals surface area contributed by atoms with Crippen LogP contribution >= 0.6 is 11.3 Å². The quantitative estimate of drug-likeness (QED) is 0.793. The lowest BCUT2D eigenvalue weighted by Crippen LogP contribution is -2.34. The fraction of sp³-hybridized carbons (Fsp3) is 0.267. The van der Waals surface area contributed by atoms with Crippen molar-refractivity contribution in [3.8, 4) is 5.75 Å². The van der Waals surface area contributed by atoms with E-state index in [0.29, 0.717) is 29.3 Å². The summed E-state index contributed by atoms with van der Waals surface area (Å²) < 4.78 is 5.03. The van der Waals surface area contributed by atoms with Crippen LogP contribution in [-0.2, 0) is 0 Å². The van der Waals surface area contributed by atoms with E-state index in [2.05, 4.69) is 15.6 Å². The normalized spacial score (nSPS) is 10.1. The van der Waals surface area contributed by atoms with Crippen molar-refractivity contribution in [2.45, 2.75) is 6.92 Å². The maximum Gasteiger partial charge on any atom is 0.263 e. The molecule has 7 heteroatoms. The fourth-order valence-electron chi connectivity index (χ4n) is 1.75. The van der Waals surface area contributed by atoms with Crippen LogP contribution in [0.4, 0.5) is 0 Å². The SMILES string of the molecule is COc1ccc(C(=O)NCCNC(=O)c2cnc(C)s2)cc1. The lowest BCUT2D eigenvalue weighted by Gasteiger charge is -2.07. The zero-order valence-electron chi connectivity index (χ0n) is 12.4. The van der Waals surface area contributed by atoms with Crippen LogP contribution in [0.2, 0.25) is 0 Å². The summed E-state index contributed by atoms with van der Waals surface area (Å²) in [4.78, 5) is 28.3. The minimum atomic E-state index is -0.189. The molecule has 116 valence electrons. The summed E-state index contributed by atoms with van der Waals surface area (Å²) in [5.74, 6) is 0.332. The van der Waals surface area contributed by atoms with Gasteiger partial charge in [0.2, 0.25) is 0 Å². The zero-order chi connectivity index (χ0) is 15.9. The number of methoxy groups -OCH3 is 1. The Morgan fingerprint density at radius 3 is 2.32 bits per heavy atom. The Balaban J connectivity index is 1.73. The molecule has 1 aromatic heterocycles. The summed E-state index contributed by atoms with van der Waals surface area (Å²) in [5, 5.41) is 6.32. The molecule has 0 aliphatic heterocycles. The number of nitrogens with one attached hydrogen (secondary N) is 2. The van der Waals surface area contributed by atoms with Crippen LogP contribution in [0.5, 0.6) is 5.75 Å².